The number of imidazole rings is 1. The Morgan fingerprint density at radius 1 is 1.28 bits per heavy atom. The van der Waals surface area contributed by atoms with E-state index in [1.807, 2.05) is 0 Å². The number of aliphatic hydroxyl groups is 1. The molecule has 1 fully saturated rings. The zero-order valence-electron chi connectivity index (χ0n) is 19.7. The smallest absolute Gasteiger partial charge is 0.374 e. The number of hydrogen-bond donors (Lipinski definition) is 4. The van der Waals surface area contributed by atoms with Gasteiger partial charge in [0.05, 0.1) is 54.7 Å². The number of amides is 1. The highest BCUT2D eigenvalue weighted by Gasteiger charge is 2.42. The summed E-state index contributed by atoms with van der Waals surface area (Å²) in [6.07, 6.45) is -1.15. The Morgan fingerprint density at radius 2 is 2.06 bits per heavy atom. The number of nitrogens with one attached hydrogen (secondary N) is 3. The highest BCUT2D eigenvalue weighted by atomic mass is 19.4. The molecule has 0 aromatic carbocycles. The first-order valence-electron chi connectivity index (χ1n) is 11.2. The number of anilines is 1. The summed E-state index contributed by atoms with van der Waals surface area (Å²) in [5.74, 6) is -2.39. The minimum absolute atomic E-state index is 0.0191. The van der Waals surface area contributed by atoms with E-state index in [-0.39, 0.29) is 30.8 Å². The third-order valence-electron chi connectivity index (χ3n) is 5.67. The SMILES string of the molecule is C[C@@H]1[C@H](OC(C)(C)O)[C@@H](Nc2cncc(C(F)(F)F)n2)CO[C@@H]1CNC(=O)c1cnc2nc[nH]c2c1. The first kappa shape index (κ1) is 25.7. The van der Waals surface area contributed by atoms with Crippen LogP contribution in [0.5, 0.6) is 0 Å². The number of H-pyrrole nitrogens is 1. The highest BCUT2D eigenvalue weighted by molar-refractivity contribution is 5.96. The van der Waals surface area contributed by atoms with Gasteiger partial charge in [-0.25, -0.2) is 15.0 Å². The summed E-state index contributed by atoms with van der Waals surface area (Å²) in [6, 6.07) is 0.981. The maximum absolute atomic E-state index is 13.0. The van der Waals surface area contributed by atoms with Crippen molar-refractivity contribution in [2.24, 2.45) is 5.92 Å². The van der Waals surface area contributed by atoms with Crippen LogP contribution < -0.4 is 10.6 Å². The van der Waals surface area contributed by atoms with Gasteiger partial charge in [0.15, 0.2) is 17.1 Å². The molecule has 0 aliphatic carbocycles. The summed E-state index contributed by atoms with van der Waals surface area (Å²) in [5.41, 5.74) is 0.310. The number of fused-ring (bicyclic) bond motifs is 1. The van der Waals surface area contributed by atoms with Crippen LogP contribution in [0.1, 0.15) is 36.8 Å². The van der Waals surface area contributed by atoms with Gasteiger partial charge in [-0.05, 0) is 19.9 Å². The number of alkyl halides is 3. The summed E-state index contributed by atoms with van der Waals surface area (Å²) in [6.45, 7) is 4.85. The van der Waals surface area contributed by atoms with Gasteiger partial charge in [-0.15, -0.1) is 0 Å². The molecule has 36 heavy (non-hydrogen) atoms. The van der Waals surface area contributed by atoms with E-state index in [0.717, 1.165) is 6.20 Å². The van der Waals surface area contributed by atoms with Gasteiger partial charge in [0, 0.05) is 18.7 Å². The average Bonchev–Trinajstić information content (AvgIpc) is 3.27. The fourth-order valence-electron chi connectivity index (χ4n) is 3.95. The van der Waals surface area contributed by atoms with Crippen LogP contribution >= 0.6 is 0 Å². The second-order valence-corrected chi connectivity index (χ2v) is 9.01. The second kappa shape index (κ2) is 9.95. The van der Waals surface area contributed by atoms with Crippen LogP contribution in [0, 0.1) is 5.92 Å². The molecule has 0 saturated carbocycles. The molecule has 0 unspecified atom stereocenters. The molecule has 0 bridgehead atoms. The number of hydrogen-bond acceptors (Lipinski definition) is 9. The summed E-state index contributed by atoms with van der Waals surface area (Å²) in [4.78, 5) is 30.9. The largest absolute Gasteiger partial charge is 0.434 e. The number of carbonyl (C=O) groups excluding carboxylic acids is 1. The number of aromatic amines is 1. The molecule has 11 nitrogen and oxygen atoms in total. The fraction of sp³-hybridized carbons (Fsp3) is 0.500. The Hall–Kier alpha value is -3.36. The molecule has 4 rings (SSSR count). The molecule has 4 heterocycles. The maximum atomic E-state index is 13.0. The lowest BCUT2D eigenvalue weighted by Gasteiger charge is -2.43. The number of halogens is 3. The predicted octanol–water partition coefficient (Wildman–Crippen LogP) is 2.13. The van der Waals surface area contributed by atoms with E-state index < -0.39 is 35.9 Å². The van der Waals surface area contributed by atoms with Crippen LogP contribution in [0.25, 0.3) is 11.2 Å². The zero-order valence-corrected chi connectivity index (χ0v) is 19.7. The van der Waals surface area contributed by atoms with Crippen molar-refractivity contribution in [3.63, 3.8) is 0 Å². The van der Waals surface area contributed by atoms with Gasteiger partial charge >= 0.3 is 6.18 Å². The van der Waals surface area contributed by atoms with E-state index in [1.54, 1.807) is 13.0 Å². The third kappa shape index (κ3) is 6.06. The summed E-state index contributed by atoms with van der Waals surface area (Å²) in [7, 11) is 0. The Kier molecular flexibility index (Phi) is 7.11. The lowest BCUT2D eigenvalue weighted by molar-refractivity contribution is -0.242. The molecule has 1 aliphatic heterocycles. The van der Waals surface area contributed by atoms with Crippen LogP contribution in [0.4, 0.5) is 19.0 Å². The minimum atomic E-state index is -4.65. The standard InChI is InChI=1S/C22H26F3N7O4/c1-11-15(6-28-20(33)12-4-13-19(27-5-12)30-10-29-13)35-9-14(18(11)36-21(2,3)34)31-17-8-26-7-16(32-17)22(23,24)25/h4-5,7-8,10-11,14-15,18,34H,6,9H2,1-3H3,(H,28,33)(H,31,32)(H,27,29,30)/t11-,14-,15+,18-/m0/s1. The van der Waals surface area contributed by atoms with Gasteiger partial charge in [-0.3, -0.25) is 9.78 Å². The molecule has 194 valence electrons. The van der Waals surface area contributed by atoms with E-state index in [1.165, 1.54) is 26.4 Å². The Morgan fingerprint density at radius 3 is 2.78 bits per heavy atom. The molecule has 1 saturated heterocycles. The number of nitrogens with zero attached hydrogens (tertiary/aromatic N) is 4. The molecule has 14 heteroatoms. The summed E-state index contributed by atoms with van der Waals surface area (Å²) >= 11 is 0. The molecule has 4 N–H and O–H groups in total. The lowest BCUT2D eigenvalue weighted by Crippen LogP contribution is -2.57. The molecule has 3 aromatic heterocycles. The molecule has 3 aromatic rings. The Labute approximate surface area is 203 Å². The van der Waals surface area contributed by atoms with Crippen LogP contribution in [-0.4, -0.2) is 73.1 Å². The van der Waals surface area contributed by atoms with Gasteiger partial charge in [-0.1, -0.05) is 6.92 Å². The van der Waals surface area contributed by atoms with Crippen molar-refractivity contribution in [1.82, 2.24) is 30.2 Å². The molecule has 0 radical (unpaired) electrons. The lowest BCUT2D eigenvalue weighted by atomic mass is 9.89. The first-order chi connectivity index (χ1) is 16.9. The molecule has 4 atom stereocenters. The van der Waals surface area contributed by atoms with Crippen LogP contribution in [0.3, 0.4) is 0 Å². The van der Waals surface area contributed by atoms with Gasteiger partial charge < -0.3 is 30.2 Å². The van der Waals surface area contributed by atoms with Crippen molar-refractivity contribution < 1.29 is 32.5 Å². The summed E-state index contributed by atoms with van der Waals surface area (Å²) < 4.78 is 50.9. The van der Waals surface area contributed by atoms with Crippen LogP contribution in [0.2, 0.25) is 0 Å². The molecule has 1 aliphatic rings. The molecular formula is C22H26F3N7O4. The van der Waals surface area contributed by atoms with Crippen molar-refractivity contribution in [3.8, 4) is 0 Å². The van der Waals surface area contributed by atoms with Crippen LogP contribution in [0.15, 0.2) is 31.0 Å². The maximum Gasteiger partial charge on any atom is 0.434 e. The predicted molar refractivity (Wildman–Crippen MR) is 121 cm³/mol. The van der Waals surface area contributed by atoms with Gasteiger partial charge in [-0.2, -0.15) is 13.2 Å². The topological polar surface area (TPSA) is 147 Å². The number of ether oxygens (including phenoxy) is 2. The Bertz CT molecular complexity index is 1210. The van der Waals surface area contributed by atoms with Crippen LogP contribution in [-0.2, 0) is 15.7 Å². The summed E-state index contributed by atoms with van der Waals surface area (Å²) in [5, 5.41) is 16.0. The average molecular weight is 509 g/mol. The minimum Gasteiger partial charge on any atom is -0.374 e. The van der Waals surface area contributed by atoms with E-state index in [2.05, 4.69) is 35.6 Å². The zero-order chi connectivity index (χ0) is 26.1. The number of aromatic nitrogens is 5. The van der Waals surface area contributed by atoms with Gasteiger partial charge in [0.2, 0.25) is 0 Å². The quantitative estimate of drug-likeness (QED) is 0.352. The van der Waals surface area contributed by atoms with E-state index in [0.29, 0.717) is 22.9 Å². The normalized spacial score (nSPS) is 23.0. The van der Waals surface area contributed by atoms with Crippen molar-refractivity contribution >= 4 is 22.9 Å². The van der Waals surface area contributed by atoms with E-state index in [4.69, 9.17) is 9.47 Å². The first-order valence-corrected chi connectivity index (χ1v) is 11.2. The van der Waals surface area contributed by atoms with Crippen molar-refractivity contribution in [2.45, 2.75) is 51.0 Å². The van der Waals surface area contributed by atoms with Crippen molar-refractivity contribution in [2.75, 3.05) is 18.5 Å². The van der Waals surface area contributed by atoms with E-state index >= 15 is 0 Å². The monoisotopic (exact) mass is 509 g/mol. The van der Waals surface area contributed by atoms with Gasteiger partial charge in [0.25, 0.3) is 5.91 Å². The Balaban J connectivity index is 1.44. The molecule has 1 amide bonds. The molecule has 0 spiro atoms. The van der Waals surface area contributed by atoms with E-state index in [9.17, 15) is 23.1 Å². The number of rotatable bonds is 7. The van der Waals surface area contributed by atoms with Crippen molar-refractivity contribution in [1.29, 1.82) is 0 Å². The highest BCUT2D eigenvalue weighted by Crippen LogP contribution is 2.30. The van der Waals surface area contributed by atoms with Gasteiger partial charge in [0.1, 0.15) is 5.82 Å². The number of pyridine rings is 1. The molecular weight excluding hydrogens is 483 g/mol. The fourth-order valence-corrected chi connectivity index (χ4v) is 3.95. The number of carbonyl (C=O) groups is 1. The van der Waals surface area contributed by atoms with Crippen molar-refractivity contribution in [3.05, 3.63) is 42.2 Å². The second-order valence-electron chi connectivity index (χ2n) is 9.01. The third-order valence-corrected chi connectivity index (χ3v) is 5.67.